The number of hydrogen-bond donors (Lipinski definition) is 0. The van der Waals surface area contributed by atoms with Gasteiger partial charge in [-0.05, 0) is 61.3 Å². The number of carbonyl (C=O) groups is 1. The summed E-state index contributed by atoms with van der Waals surface area (Å²) in [5.74, 6) is 1.38. The van der Waals surface area contributed by atoms with Gasteiger partial charge in [-0.25, -0.2) is 4.99 Å². The van der Waals surface area contributed by atoms with Crippen LogP contribution >= 0.6 is 11.3 Å². The molecule has 2 aliphatic heterocycles. The van der Waals surface area contributed by atoms with Crippen molar-refractivity contribution in [3.05, 3.63) is 58.2 Å². The summed E-state index contributed by atoms with van der Waals surface area (Å²) in [5.41, 5.74) is 3.04. The van der Waals surface area contributed by atoms with Gasteiger partial charge in [0.2, 0.25) is 0 Å². The zero-order valence-electron chi connectivity index (χ0n) is 14.7. The molecule has 3 heterocycles. The van der Waals surface area contributed by atoms with Gasteiger partial charge < -0.3 is 9.80 Å². The van der Waals surface area contributed by atoms with Crippen LogP contribution in [0, 0.1) is 5.92 Å². The molecule has 1 fully saturated rings. The van der Waals surface area contributed by atoms with Gasteiger partial charge in [-0.1, -0.05) is 12.7 Å². The average molecular weight is 353 g/mol. The van der Waals surface area contributed by atoms with Gasteiger partial charge in [-0.15, -0.1) is 11.3 Å². The highest BCUT2D eigenvalue weighted by atomic mass is 32.1. The van der Waals surface area contributed by atoms with E-state index in [-0.39, 0.29) is 11.9 Å². The van der Waals surface area contributed by atoms with Crippen LogP contribution in [0.4, 0.5) is 0 Å². The number of nitrogens with zero attached hydrogens (tertiary/aromatic N) is 3. The third-order valence-electron chi connectivity index (χ3n) is 5.27. The van der Waals surface area contributed by atoms with E-state index in [2.05, 4.69) is 34.8 Å². The Morgan fingerprint density at radius 1 is 1.44 bits per heavy atom. The molecule has 1 saturated carbocycles. The summed E-state index contributed by atoms with van der Waals surface area (Å²) in [5, 5.41) is 2.12. The third kappa shape index (κ3) is 2.86. The minimum atomic E-state index is 0.0329. The molecule has 1 atom stereocenters. The molecule has 4 rings (SSSR count). The van der Waals surface area contributed by atoms with E-state index in [9.17, 15) is 4.79 Å². The van der Waals surface area contributed by atoms with Crippen LogP contribution in [0.5, 0.6) is 0 Å². The SMILES string of the molecule is C=C/C=C1/N=C(C(=O)N2CCc3sccc3C2C)C=C(C2CC2)N1C. The van der Waals surface area contributed by atoms with Crippen LogP contribution in [-0.4, -0.2) is 35.0 Å². The van der Waals surface area contributed by atoms with Crippen molar-refractivity contribution in [3.63, 3.8) is 0 Å². The number of hydrogen-bond acceptors (Lipinski definition) is 4. The zero-order chi connectivity index (χ0) is 17.6. The maximum atomic E-state index is 13.2. The average Bonchev–Trinajstić information content (AvgIpc) is 3.33. The molecule has 1 aromatic heterocycles. The molecule has 0 N–H and O–H groups in total. The molecule has 1 amide bonds. The van der Waals surface area contributed by atoms with Crippen LogP contribution in [-0.2, 0) is 11.2 Å². The van der Waals surface area contributed by atoms with Gasteiger partial charge in [0.25, 0.3) is 5.91 Å². The molecular weight excluding hydrogens is 330 g/mol. The largest absolute Gasteiger partial charge is 0.333 e. The van der Waals surface area contributed by atoms with Crippen molar-refractivity contribution in [1.82, 2.24) is 9.80 Å². The van der Waals surface area contributed by atoms with E-state index in [0.29, 0.717) is 11.6 Å². The number of fused-ring (bicyclic) bond motifs is 1. The molecule has 3 aliphatic rings. The lowest BCUT2D eigenvalue weighted by Crippen LogP contribution is -2.42. The molecule has 0 spiro atoms. The van der Waals surface area contributed by atoms with Gasteiger partial charge in [0.1, 0.15) is 11.5 Å². The minimum Gasteiger partial charge on any atom is -0.333 e. The molecule has 1 aliphatic carbocycles. The molecule has 5 heteroatoms. The lowest BCUT2D eigenvalue weighted by Gasteiger charge is -2.35. The fraction of sp³-hybridized carbons (Fsp3) is 0.400. The second-order valence-corrected chi connectivity index (χ2v) is 7.88. The van der Waals surface area contributed by atoms with Gasteiger partial charge in [0, 0.05) is 24.2 Å². The van der Waals surface area contributed by atoms with E-state index in [1.807, 2.05) is 24.1 Å². The molecule has 4 nitrogen and oxygen atoms in total. The lowest BCUT2D eigenvalue weighted by molar-refractivity contribution is -0.126. The smallest absolute Gasteiger partial charge is 0.273 e. The van der Waals surface area contributed by atoms with Crippen molar-refractivity contribution >= 4 is 23.0 Å². The second-order valence-electron chi connectivity index (χ2n) is 6.88. The molecular formula is C20H23N3OS. The van der Waals surface area contributed by atoms with E-state index in [1.54, 1.807) is 17.4 Å². The predicted octanol–water partition coefficient (Wildman–Crippen LogP) is 3.90. The number of carbonyl (C=O) groups excluding carboxylic acids is 1. The Morgan fingerprint density at radius 2 is 2.24 bits per heavy atom. The van der Waals surface area contributed by atoms with E-state index < -0.39 is 0 Å². The van der Waals surface area contributed by atoms with Crippen LogP contribution in [0.1, 0.15) is 36.2 Å². The molecule has 25 heavy (non-hydrogen) atoms. The van der Waals surface area contributed by atoms with Crippen LogP contribution in [0.3, 0.4) is 0 Å². The van der Waals surface area contributed by atoms with Crippen LogP contribution in [0.15, 0.2) is 52.8 Å². The first-order valence-electron chi connectivity index (χ1n) is 8.84. The fourth-order valence-electron chi connectivity index (χ4n) is 3.67. The quantitative estimate of drug-likeness (QED) is 0.826. The van der Waals surface area contributed by atoms with Crippen molar-refractivity contribution < 1.29 is 4.79 Å². The maximum absolute atomic E-state index is 13.2. The highest BCUT2D eigenvalue weighted by Gasteiger charge is 2.35. The first-order chi connectivity index (χ1) is 12.1. The number of thiophene rings is 1. The molecule has 1 aromatic rings. The normalized spacial score (nSPS) is 24.7. The van der Waals surface area contributed by atoms with Gasteiger partial charge >= 0.3 is 0 Å². The van der Waals surface area contributed by atoms with Crippen LogP contribution < -0.4 is 0 Å². The van der Waals surface area contributed by atoms with Gasteiger partial charge in [0.05, 0.1) is 6.04 Å². The fourth-order valence-corrected chi connectivity index (χ4v) is 4.63. The highest BCUT2D eigenvalue weighted by Crippen LogP contribution is 2.40. The second kappa shape index (κ2) is 6.30. The van der Waals surface area contributed by atoms with Crippen molar-refractivity contribution in [3.8, 4) is 0 Å². The van der Waals surface area contributed by atoms with E-state index >= 15 is 0 Å². The molecule has 0 radical (unpaired) electrons. The Kier molecular flexibility index (Phi) is 4.12. The zero-order valence-corrected chi connectivity index (χ0v) is 15.6. The standard InChI is InChI=1S/C20H23N3OS/c1-4-5-19-21-16(12-17(22(19)3)14-6-7-14)20(24)23-10-8-18-15(13(23)2)9-11-25-18/h4-5,9,11-14H,1,6-8,10H2,2-3H3/b19-5-. The van der Waals surface area contributed by atoms with E-state index in [0.717, 1.165) is 18.8 Å². The summed E-state index contributed by atoms with van der Waals surface area (Å²) in [7, 11) is 2.02. The molecule has 0 saturated heterocycles. The Bertz CT molecular complexity index is 813. The van der Waals surface area contributed by atoms with Crippen molar-refractivity contribution in [2.75, 3.05) is 13.6 Å². The summed E-state index contributed by atoms with van der Waals surface area (Å²) in [4.78, 5) is 23.3. The number of allylic oxidation sites excluding steroid dienone is 3. The summed E-state index contributed by atoms with van der Waals surface area (Å²) >= 11 is 1.79. The van der Waals surface area contributed by atoms with Crippen molar-refractivity contribution in [2.45, 2.75) is 32.2 Å². The highest BCUT2D eigenvalue weighted by molar-refractivity contribution is 7.10. The Labute approximate surface area is 152 Å². The number of rotatable bonds is 3. The Hall–Kier alpha value is -2.14. The van der Waals surface area contributed by atoms with Gasteiger partial charge in [-0.3, -0.25) is 4.79 Å². The summed E-state index contributed by atoms with van der Waals surface area (Å²) < 4.78 is 0. The molecule has 0 aromatic carbocycles. The van der Waals surface area contributed by atoms with Gasteiger partial charge in [-0.2, -0.15) is 0 Å². The number of amides is 1. The maximum Gasteiger partial charge on any atom is 0.273 e. The monoisotopic (exact) mass is 353 g/mol. The van der Waals surface area contributed by atoms with Gasteiger partial charge in [0.15, 0.2) is 0 Å². The predicted molar refractivity (Wildman–Crippen MR) is 102 cm³/mol. The van der Waals surface area contributed by atoms with Crippen LogP contribution in [0.25, 0.3) is 0 Å². The summed E-state index contributed by atoms with van der Waals surface area (Å²) in [6, 6.07) is 2.25. The van der Waals surface area contributed by atoms with E-state index in [4.69, 9.17) is 0 Å². The Morgan fingerprint density at radius 3 is 2.96 bits per heavy atom. The summed E-state index contributed by atoms with van der Waals surface area (Å²) in [6.45, 7) is 6.65. The van der Waals surface area contributed by atoms with Crippen molar-refractivity contribution in [1.29, 1.82) is 0 Å². The van der Waals surface area contributed by atoms with Crippen molar-refractivity contribution in [2.24, 2.45) is 10.9 Å². The van der Waals surface area contributed by atoms with Crippen LogP contribution in [0.2, 0.25) is 0 Å². The number of aliphatic imine (C=N–C) groups is 1. The summed E-state index contributed by atoms with van der Waals surface area (Å²) in [6.07, 6.45) is 8.92. The Balaban J connectivity index is 1.66. The van der Waals surface area contributed by atoms with E-state index in [1.165, 1.54) is 29.0 Å². The molecule has 0 bridgehead atoms. The third-order valence-corrected chi connectivity index (χ3v) is 6.27. The topological polar surface area (TPSA) is 35.9 Å². The first kappa shape index (κ1) is 16.3. The molecule has 1 unspecified atom stereocenters. The molecule has 130 valence electrons. The first-order valence-corrected chi connectivity index (χ1v) is 9.72. The minimum absolute atomic E-state index is 0.0329. The lowest BCUT2D eigenvalue weighted by atomic mass is 10.0.